The van der Waals surface area contributed by atoms with E-state index in [1.54, 1.807) is 7.11 Å². The smallest absolute Gasteiger partial charge is 0.407 e. The third-order valence-electron chi connectivity index (χ3n) is 5.22. The minimum absolute atomic E-state index is 0.0486. The molecule has 0 aliphatic carbocycles. The molecule has 0 spiro atoms. The second kappa shape index (κ2) is 8.28. The molecule has 0 bridgehead atoms. The second-order valence-corrected chi connectivity index (χ2v) is 6.84. The van der Waals surface area contributed by atoms with E-state index < -0.39 is 6.09 Å². The number of ether oxygens (including phenoxy) is 2. The fourth-order valence-corrected chi connectivity index (χ4v) is 3.73. The molecule has 2 atom stereocenters. The molecule has 0 aromatic heterocycles. The van der Waals surface area contributed by atoms with Crippen molar-refractivity contribution in [1.29, 1.82) is 5.26 Å². The van der Waals surface area contributed by atoms with Crippen LogP contribution in [0.5, 0.6) is 5.75 Å². The van der Waals surface area contributed by atoms with Gasteiger partial charge in [-0.15, -0.1) is 0 Å². The number of piperidine rings is 1. The number of carboxylic acid groups (broad SMARTS) is 1. The third-order valence-corrected chi connectivity index (χ3v) is 5.22. The van der Waals surface area contributed by atoms with Gasteiger partial charge in [0.25, 0.3) is 0 Å². The molecule has 0 unspecified atom stereocenters. The number of carbonyl (C=O) groups is 1. The summed E-state index contributed by atoms with van der Waals surface area (Å²) in [5.74, 6) is 0.793. The van der Waals surface area contributed by atoms with Crippen LogP contribution in [-0.4, -0.2) is 61.1 Å². The number of nitrogens with zero attached hydrogens (tertiary/aromatic N) is 3. The van der Waals surface area contributed by atoms with Gasteiger partial charge >= 0.3 is 6.09 Å². The molecule has 2 heterocycles. The predicted octanol–water partition coefficient (Wildman–Crippen LogP) is 2.72. The third kappa shape index (κ3) is 4.20. The van der Waals surface area contributed by atoms with Crippen LogP contribution < -0.4 is 9.64 Å². The zero-order valence-electron chi connectivity index (χ0n) is 15.0. The maximum absolute atomic E-state index is 11.0. The molecule has 7 nitrogen and oxygen atoms in total. The van der Waals surface area contributed by atoms with Crippen LogP contribution in [0.1, 0.15) is 25.7 Å². The van der Waals surface area contributed by atoms with Crippen molar-refractivity contribution in [2.75, 3.05) is 31.6 Å². The molecule has 1 amide bonds. The van der Waals surface area contributed by atoms with Crippen molar-refractivity contribution in [3.63, 3.8) is 0 Å². The van der Waals surface area contributed by atoms with E-state index in [-0.39, 0.29) is 18.2 Å². The molecule has 3 rings (SSSR count). The predicted molar refractivity (Wildman–Crippen MR) is 96.5 cm³/mol. The van der Waals surface area contributed by atoms with E-state index in [2.05, 4.69) is 11.0 Å². The average molecular weight is 359 g/mol. The Morgan fingerprint density at radius 3 is 2.54 bits per heavy atom. The van der Waals surface area contributed by atoms with Gasteiger partial charge in [-0.25, -0.2) is 4.79 Å². The fraction of sp³-hybridized carbons (Fsp3) is 0.579. The quantitative estimate of drug-likeness (QED) is 0.870. The first-order valence-electron chi connectivity index (χ1n) is 9.01. The van der Waals surface area contributed by atoms with Gasteiger partial charge in [0.1, 0.15) is 11.9 Å². The molecule has 1 aromatic rings. The number of benzene rings is 1. The number of rotatable bonds is 5. The number of amides is 1. The van der Waals surface area contributed by atoms with Crippen molar-refractivity contribution in [3.05, 3.63) is 24.3 Å². The number of nitriles is 1. The summed E-state index contributed by atoms with van der Waals surface area (Å²) in [6, 6.07) is 10.4. The zero-order valence-corrected chi connectivity index (χ0v) is 15.0. The summed E-state index contributed by atoms with van der Waals surface area (Å²) in [5.41, 5.74) is 1.07. The van der Waals surface area contributed by atoms with Crippen LogP contribution >= 0.6 is 0 Å². The Bertz CT molecular complexity index is 650. The molecule has 7 heteroatoms. The van der Waals surface area contributed by atoms with E-state index in [1.165, 1.54) is 4.90 Å². The lowest BCUT2D eigenvalue weighted by Crippen LogP contribution is -2.41. The summed E-state index contributed by atoms with van der Waals surface area (Å²) < 4.78 is 11.5. The fourth-order valence-electron chi connectivity index (χ4n) is 3.73. The Kier molecular flexibility index (Phi) is 5.84. The van der Waals surface area contributed by atoms with Crippen LogP contribution in [0.3, 0.4) is 0 Å². The number of hydrogen-bond donors (Lipinski definition) is 1. The first-order valence-corrected chi connectivity index (χ1v) is 9.01. The summed E-state index contributed by atoms with van der Waals surface area (Å²) in [7, 11) is 1.71. The normalized spacial score (nSPS) is 23.7. The van der Waals surface area contributed by atoms with Crippen LogP contribution in [-0.2, 0) is 4.74 Å². The van der Waals surface area contributed by atoms with Crippen molar-refractivity contribution in [2.24, 2.45) is 0 Å². The Morgan fingerprint density at radius 1 is 1.27 bits per heavy atom. The average Bonchev–Trinajstić information content (AvgIpc) is 3.06. The monoisotopic (exact) mass is 359 g/mol. The van der Waals surface area contributed by atoms with Crippen molar-refractivity contribution in [1.82, 2.24) is 4.90 Å². The lowest BCUT2D eigenvalue weighted by Gasteiger charge is -2.30. The van der Waals surface area contributed by atoms with Crippen molar-refractivity contribution >= 4 is 11.8 Å². The molecule has 2 aliphatic heterocycles. The van der Waals surface area contributed by atoms with Crippen LogP contribution in [0.4, 0.5) is 10.5 Å². The second-order valence-electron chi connectivity index (χ2n) is 6.84. The first-order chi connectivity index (χ1) is 12.6. The minimum atomic E-state index is -0.861. The van der Waals surface area contributed by atoms with E-state index in [1.807, 2.05) is 24.3 Å². The van der Waals surface area contributed by atoms with E-state index in [0.717, 1.165) is 24.4 Å². The van der Waals surface area contributed by atoms with Gasteiger partial charge in [0.15, 0.2) is 0 Å². The van der Waals surface area contributed by atoms with Crippen LogP contribution in [0.15, 0.2) is 24.3 Å². The van der Waals surface area contributed by atoms with E-state index in [9.17, 15) is 4.79 Å². The van der Waals surface area contributed by atoms with Gasteiger partial charge in [-0.05, 0) is 30.7 Å². The highest BCUT2D eigenvalue weighted by atomic mass is 16.5. The lowest BCUT2D eigenvalue weighted by atomic mass is 10.1. The van der Waals surface area contributed by atoms with Crippen LogP contribution in [0, 0.1) is 11.3 Å². The van der Waals surface area contributed by atoms with Crippen LogP contribution in [0.25, 0.3) is 0 Å². The van der Waals surface area contributed by atoms with Crippen molar-refractivity contribution in [3.8, 4) is 11.8 Å². The highest BCUT2D eigenvalue weighted by Gasteiger charge is 2.32. The standard InChI is InChI=1S/C19H25N3O4/c1-25-18-12-15(6-9-20)22(13-18)14-2-4-16(5-3-14)26-17-7-10-21(11-8-17)19(23)24/h2-5,15,17-18H,6-8,10-13H2,1H3,(H,23,24)/t15-,18+/m0/s1. The lowest BCUT2D eigenvalue weighted by molar-refractivity contribution is 0.0895. The van der Waals surface area contributed by atoms with E-state index in [4.69, 9.17) is 19.8 Å². The topological polar surface area (TPSA) is 86.0 Å². The van der Waals surface area contributed by atoms with Gasteiger partial charge in [-0.3, -0.25) is 0 Å². The van der Waals surface area contributed by atoms with Gasteiger partial charge in [0.05, 0.1) is 18.6 Å². The molecule has 2 fully saturated rings. The molecule has 0 radical (unpaired) electrons. The summed E-state index contributed by atoms with van der Waals surface area (Å²) >= 11 is 0. The highest BCUT2D eigenvalue weighted by molar-refractivity contribution is 5.65. The molecule has 2 aliphatic rings. The molecule has 2 saturated heterocycles. The minimum Gasteiger partial charge on any atom is -0.490 e. The highest BCUT2D eigenvalue weighted by Crippen LogP contribution is 2.30. The molecule has 1 aromatic carbocycles. The largest absolute Gasteiger partial charge is 0.490 e. The maximum Gasteiger partial charge on any atom is 0.407 e. The number of hydrogen-bond acceptors (Lipinski definition) is 5. The number of likely N-dealkylation sites (tertiary alicyclic amines) is 1. The molecule has 1 N–H and O–H groups in total. The summed E-state index contributed by atoms with van der Waals surface area (Å²) in [4.78, 5) is 14.6. The molecular formula is C19H25N3O4. The van der Waals surface area contributed by atoms with Gasteiger partial charge in [0.2, 0.25) is 0 Å². The summed E-state index contributed by atoms with van der Waals surface area (Å²) in [5, 5.41) is 18.0. The van der Waals surface area contributed by atoms with Gasteiger partial charge in [-0.1, -0.05) is 0 Å². The van der Waals surface area contributed by atoms with E-state index >= 15 is 0 Å². The number of methoxy groups -OCH3 is 1. The Morgan fingerprint density at radius 2 is 1.96 bits per heavy atom. The van der Waals surface area contributed by atoms with Crippen molar-refractivity contribution < 1.29 is 19.4 Å². The SMILES string of the molecule is CO[C@@H]1C[C@H](CC#N)N(c2ccc(OC3CCN(C(=O)O)CC3)cc2)C1. The maximum atomic E-state index is 11.0. The van der Waals surface area contributed by atoms with Crippen molar-refractivity contribution in [2.45, 2.75) is 43.9 Å². The van der Waals surface area contributed by atoms with Gasteiger partial charge < -0.3 is 24.4 Å². The first kappa shape index (κ1) is 18.3. The van der Waals surface area contributed by atoms with E-state index in [0.29, 0.717) is 32.4 Å². The van der Waals surface area contributed by atoms with Gasteiger partial charge in [0, 0.05) is 51.3 Å². The molecule has 0 saturated carbocycles. The molecule has 26 heavy (non-hydrogen) atoms. The number of anilines is 1. The van der Waals surface area contributed by atoms with Crippen LogP contribution in [0.2, 0.25) is 0 Å². The summed E-state index contributed by atoms with van der Waals surface area (Å²) in [6.45, 7) is 1.82. The molecule has 140 valence electrons. The zero-order chi connectivity index (χ0) is 18.5. The van der Waals surface area contributed by atoms with Gasteiger partial charge in [-0.2, -0.15) is 5.26 Å². The Labute approximate surface area is 153 Å². The Balaban J connectivity index is 1.58. The summed E-state index contributed by atoms with van der Waals surface area (Å²) in [6.07, 6.45) is 2.11. The molecular weight excluding hydrogens is 334 g/mol. The Hall–Kier alpha value is -2.46.